The summed E-state index contributed by atoms with van der Waals surface area (Å²) in [6.45, 7) is 6.48. The molecule has 0 amide bonds. The zero-order chi connectivity index (χ0) is 11.4. The van der Waals surface area contributed by atoms with Gasteiger partial charge < -0.3 is 10.2 Å². The van der Waals surface area contributed by atoms with Crippen molar-refractivity contribution < 1.29 is 0 Å². The number of hydrogen-bond acceptors (Lipinski definition) is 6. The number of likely N-dealkylation sites (N-methyl/N-ethyl adjacent to an activating group) is 1. The van der Waals surface area contributed by atoms with Gasteiger partial charge in [-0.3, -0.25) is 4.90 Å². The number of aromatic nitrogens is 2. The van der Waals surface area contributed by atoms with Gasteiger partial charge in [0, 0.05) is 39.3 Å². The summed E-state index contributed by atoms with van der Waals surface area (Å²) in [5, 5.41) is 3.68. The van der Waals surface area contributed by atoms with Crippen LogP contribution in [0.15, 0.2) is 0 Å². The van der Waals surface area contributed by atoms with Crippen LogP contribution in [-0.2, 0) is 0 Å². The molecule has 1 aromatic rings. The maximum atomic E-state index is 5.83. The van der Waals surface area contributed by atoms with E-state index in [1.807, 2.05) is 0 Å². The minimum absolute atomic E-state index is 0.475. The smallest absolute Gasteiger partial charge is 0.186 e. The van der Waals surface area contributed by atoms with Crippen LogP contribution in [0.5, 0.6) is 0 Å². The Bertz CT molecular complexity index is 323. The van der Waals surface area contributed by atoms with Crippen molar-refractivity contribution in [2.24, 2.45) is 0 Å². The highest BCUT2D eigenvalue weighted by molar-refractivity contribution is 6.99. The van der Waals surface area contributed by atoms with E-state index >= 15 is 0 Å². The Balaban J connectivity index is 1.67. The average Bonchev–Trinajstić information content (AvgIpc) is 2.68. The largest absolute Gasteiger partial charge is 0.365 e. The molecule has 2 heterocycles. The van der Waals surface area contributed by atoms with Gasteiger partial charge in [-0.1, -0.05) is 11.6 Å². The van der Waals surface area contributed by atoms with Crippen molar-refractivity contribution in [2.75, 3.05) is 51.6 Å². The summed E-state index contributed by atoms with van der Waals surface area (Å²) < 4.78 is 7.98. The normalized spacial score (nSPS) is 18.9. The fraction of sp³-hybridized carbons (Fsp3) is 0.778. The van der Waals surface area contributed by atoms with Gasteiger partial charge in [0.2, 0.25) is 0 Å². The quantitative estimate of drug-likeness (QED) is 0.871. The lowest BCUT2D eigenvalue weighted by Gasteiger charge is -2.32. The van der Waals surface area contributed by atoms with Gasteiger partial charge in [0.1, 0.15) is 0 Å². The van der Waals surface area contributed by atoms with Crippen LogP contribution in [0.3, 0.4) is 0 Å². The van der Waals surface area contributed by atoms with Gasteiger partial charge in [-0.25, -0.2) is 0 Å². The molecule has 1 N–H and O–H groups in total. The van der Waals surface area contributed by atoms with E-state index in [4.69, 9.17) is 11.6 Å². The molecule has 16 heavy (non-hydrogen) atoms. The molecule has 0 spiro atoms. The van der Waals surface area contributed by atoms with Gasteiger partial charge in [-0.2, -0.15) is 8.75 Å². The van der Waals surface area contributed by atoms with Crippen molar-refractivity contribution in [2.45, 2.75) is 0 Å². The van der Waals surface area contributed by atoms with Crippen LogP contribution >= 0.6 is 23.3 Å². The van der Waals surface area contributed by atoms with E-state index in [2.05, 4.69) is 30.9 Å². The second-order valence-electron chi connectivity index (χ2n) is 3.98. The molecule has 5 nitrogen and oxygen atoms in total. The Labute approximate surface area is 105 Å². The molecule has 0 aromatic carbocycles. The van der Waals surface area contributed by atoms with Crippen molar-refractivity contribution >= 4 is 29.1 Å². The number of rotatable bonds is 4. The van der Waals surface area contributed by atoms with Crippen molar-refractivity contribution in [3.05, 3.63) is 5.15 Å². The highest BCUT2D eigenvalue weighted by atomic mass is 35.5. The van der Waals surface area contributed by atoms with Crippen LogP contribution in [0, 0.1) is 0 Å². The molecular formula is C9H16ClN5S. The summed E-state index contributed by atoms with van der Waals surface area (Å²) in [6, 6.07) is 0. The average molecular weight is 262 g/mol. The van der Waals surface area contributed by atoms with Crippen LogP contribution in [0.2, 0.25) is 5.15 Å². The SMILES string of the molecule is CN1CCN(CCNc2nsnc2Cl)CC1. The van der Waals surface area contributed by atoms with Crippen molar-refractivity contribution in [1.29, 1.82) is 0 Å². The Morgan fingerprint density at radius 3 is 2.69 bits per heavy atom. The summed E-state index contributed by atoms with van der Waals surface area (Å²) in [5.41, 5.74) is 0. The topological polar surface area (TPSA) is 44.3 Å². The molecule has 7 heteroatoms. The molecule has 90 valence electrons. The third-order valence-electron chi connectivity index (χ3n) is 2.76. The molecular weight excluding hydrogens is 246 g/mol. The lowest BCUT2D eigenvalue weighted by molar-refractivity contribution is 0.158. The zero-order valence-corrected chi connectivity index (χ0v) is 10.9. The van der Waals surface area contributed by atoms with Gasteiger partial charge in [0.05, 0.1) is 11.7 Å². The fourth-order valence-corrected chi connectivity index (χ4v) is 2.37. The van der Waals surface area contributed by atoms with E-state index in [0.29, 0.717) is 11.0 Å². The van der Waals surface area contributed by atoms with Crippen LogP contribution < -0.4 is 5.32 Å². The molecule has 0 atom stereocenters. The highest BCUT2D eigenvalue weighted by Gasteiger charge is 2.13. The van der Waals surface area contributed by atoms with Crippen molar-refractivity contribution in [3.8, 4) is 0 Å². The Kier molecular flexibility index (Phi) is 4.34. The summed E-state index contributed by atoms with van der Waals surface area (Å²) in [4.78, 5) is 4.80. The second kappa shape index (κ2) is 5.77. The van der Waals surface area contributed by atoms with E-state index in [9.17, 15) is 0 Å². The van der Waals surface area contributed by atoms with Crippen LogP contribution in [-0.4, -0.2) is 64.9 Å². The number of nitrogens with zero attached hydrogens (tertiary/aromatic N) is 4. The second-order valence-corrected chi connectivity index (χ2v) is 4.86. The predicted molar refractivity (Wildman–Crippen MR) is 67.3 cm³/mol. The molecule has 2 rings (SSSR count). The third-order valence-corrected chi connectivity index (χ3v) is 3.66. The van der Waals surface area contributed by atoms with Gasteiger partial charge in [-0.15, -0.1) is 0 Å². The lowest BCUT2D eigenvalue weighted by atomic mass is 10.3. The van der Waals surface area contributed by atoms with Gasteiger partial charge >= 0.3 is 0 Å². The number of piperazine rings is 1. The van der Waals surface area contributed by atoms with E-state index in [-0.39, 0.29) is 0 Å². The predicted octanol–water partition coefficient (Wildman–Crippen LogP) is 0.851. The highest BCUT2D eigenvalue weighted by Crippen LogP contribution is 2.17. The fourth-order valence-electron chi connectivity index (χ4n) is 1.69. The first-order valence-electron chi connectivity index (χ1n) is 5.38. The minimum Gasteiger partial charge on any atom is -0.365 e. The Morgan fingerprint density at radius 1 is 1.31 bits per heavy atom. The Hall–Kier alpha value is -0.430. The molecule has 0 radical (unpaired) electrons. The van der Waals surface area contributed by atoms with E-state index in [0.717, 1.165) is 51.0 Å². The molecule has 1 aliphatic rings. The Morgan fingerprint density at radius 2 is 2.06 bits per heavy atom. The van der Waals surface area contributed by atoms with Crippen molar-refractivity contribution in [1.82, 2.24) is 18.5 Å². The monoisotopic (exact) mass is 261 g/mol. The number of hydrogen-bond donors (Lipinski definition) is 1. The summed E-state index contributed by atoms with van der Waals surface area (Å²) >= 11 is 6.97. The van der Waals surface area contributed by atoms with E-state index < -0.39 is 0 Å². The summed E-state index contributed by atoms with van der Waals surface area (Å²) in [7, 11) is 2.16. The molecule has 1 aromatic heterocycles. The third kappa shape index (κ3) is 3.28. The van der Waals surface area contributed by atoms with Gasteiger partial charge in [0.25, 0.3) is 0 Å². The molecule has 0 saturated carbocycles. The van der Waals surface area contributed by atoms with Gasteiger partial charge in [0.15, 0.2) is 11.0 Å². The molecule has 0 bridgehead atoms. The molecule has 1 saturated heterocycles. The van der Waals surface area contributed by atoms with Crippen LogP contribution in [0.4, 0.5) is 5.82 Å². The zero-order valence-electron chi connectivity index (χ0n) is 9.32. The van der Waals surface area contributed by atoms with Crippen LogP contribution in [0.25, 0.3) is 0 Å². The molecule has 0 aliphatic carbocycles. The number of nitrogens with one attached hydrogen (secondary N) is 1. The van der Waals surface area contributed by atoms with E-state index in [1.54, 1.807) is 0 Å². The first kappa shape index (κ1) is 12.0. The minimum atomic E-state index is 0.475. The molecule has 1 fully saturated rings. The standard InChI is InChI=1S/C9H16ClN5S/c1-14-4-6-15(7-5-14)3-2-11-9-8(10)12-16-13-9/h2-7H2,1H3,(H,11,13). The van der Waals surface area contributed by atoms with Gasteiger partial charge in [-0.05, 0) is 7.05 Å². The maximum Gasteiger partial charge on any atom is 0.186 e. The molecule has 1 aliphatic heterocycles. The van der Waals surface area contributed by atoms with Crippen molar-refractivity contribution in [3.63, 3.8) is 0 Å². The van der Waals surface area contributed by atoms with E-state index in [1.165, 1.54) is 0 Å². The summed E-state index contributed by atoms with van der Waals surface area (Å²) in [5.74, 6) is 0.709. The lowest BCUT2D eigenvalue weighted by Crippen LogP contribution is -2.45. The summed E-state index contributed by atoms with van der Waals surface area (Å²) in [6.07, 6.45) is 0. The molecule has 0 unspecified atom stereocenters. The number of halogens is 1. The van der Waals surface area contributed by atoms with Crippen LogP contribution in [0.1, 0.15) is 0 Å². The first-order chi connectivity index (χ1) is 7.75. The maximum absolute atomic E-state index is 5.83. The first-order valence-corrected chi connectivity index (χ1v) is 6.49. The number of anilines is 1.